The average molecular weight is 314 g/mol. The van der Waals surface area contributed by atoms with Crippen molar-refractivity contribution in [3.05, 3.63) is 47.6 Å². The summed E-state index contributed by atoms with van der Waals surface area (Å²) in [6.45, 7) is 0. The van der Waals surface area contributed by atoms with Crippen molar-refractivity contribution >= 4 is 23.1 Å². The molecule has 0 saturated carbocycles. The molecular weight excluding hydrogens is 300 g/mol. The van der Waals surface area contributed by atoms with Crippen LogP contribution in [-0.4, -0.2) is 27.2 Å². The lowest BCUT2D eigenvalue weighted by Crippen LogP contribution is -2.12. The molecule has 6 nitrogen and oxygen atoms in total. The van der Waals surface area contributed by atoms with Crippen molar-refractivity contribution in [2.45, 2.75) is 0 Å². The highest BCUT2D eigenvalue weighted by molar-refractivity contribution is 7.04. The van der Waals surface area contributed by atoms with Gasteiger partial charge in [0.05, 0.1) is 24.6 Å². The van der Waals surface area contributed by atoms with Crippen LogP contribution in [0.1, 0.15) is 10.4 Å². The summed E-state index contributed by atoms with van der Waals surface area (Å²) in [5, 5.41) is 8.75. The minimum atomic E-state index is -0.197. The van der Waals surface area contributed by atoms with Crippen LogP contribution in [0.25, 0.3) is 11.1 Å². The highest BCUT2D eigenvalue weighted by Crippen LogP contribution is 2.33. The van der Waals surface area contributed by atoms with Crippen LogP contribution in [0, 0.1) is 0 Å². The number of rotatable bonds is 4. The van der Waals surface area contributed by atoms with Gasteiger partial charge in [0.15, 0.2) is 0 Å². The van der Waals surface area contributed by atoms with E-state index in [-0.39, 0.29) is 5.91 Å². The largest absolute Gasteiger partial charge is 0.480 e. The molecule has 0 aliphatic rings. The first-order chi connectivity index (χ1) is 10.7. The van der Waals surface area contributed by atoms with Crippen LogP contribution in [0.3, 0.4) is 0 Å². The van der Waals surface area contributed by atoms with Gasteiger partial charge >= 0.3 is 0 Å². The van der Waals surface area contributed by atoms with Crippen LogP contribution in [0.5, 0.6) is 5.88 Å². The van der Waals surface area contributed by atoms with Gasteiger partial charge in [-0.1, -0.05) is 18.2 Å². The van der Waals surface area contributed by atoms with Crippen molar-refractivity contribution < 1.29 is 9.53 Å². The summed E-state index contributed by atoms with van der Waals surface area (Å²) in [7, 11) is 3.36. The molecule has 2 heterocycles. The van der Waals surface area contributed by atoms with Gasteiger partial charge in [-0.15, -0.1) is 0 Å². The number of carbonyl (C=O) groups is 1. The van der Waals surface area contributed by atoms with Crippen molar-refractivity contribution in [3.8, 4) is 17.0 Å². The molecule has 112 valence electrons. The molecule has 22 heavy (non-hydrogen) atoms. The monoisotopic (exact) mass is 314 g/mol. The predicted molar refractivity (Wildman–Crippen MR) is 85.3 cm³/mol. The highest BCUT2D eigenvalue weighted by Gasteiger charge is 2.17. The molecule has 0 atom stereocenters. The molecular formula is C15H14N4O2S. The maximum absolute atomic E-state index is 12.5. The number of aromatic nitrogens is 3. The maximum Gasteiger partial charge on any atom is 0.256 e. The molecule has 1 N–H and O–H groups in total. The highest BCUT2D eigenvalue weighted by atomic mass is 32.1. The van der Waals surface area contributed by atoms with Crippen molar-refractivity contribution in [2.75, 3.05) is 12.4 Å². The third-order valence-corrected chi connectivity index (χ3v) is 3.77. The number of benzene rings is 1. The molecule has 0 unspecified atom stereocenters. The van der Waals surface area contributed by atoms with E-state index in [4.69, 9.17) is 4.74 Å². The number of nitrogens with zero attached hydrogens (tertiary/aromatic N) is 3. The first-order valence-corrected chi connectivity index (χ1v) is 7.40. The number of amides is 1. The zero-order chi connectivity index (χ0) is 15.5. The Morgan fingerprint density at radius 2 is 2.14 bits per heavy atom. The maximum atomic E-state index is 12.5. The Hall–Kier alpha value is -2.67. The van der Waals surface area contributed by atoms with E-state index in [0.717, 1.165) is 11.1 Å². The summed E-state index contributed by atoms with van der Waals surface area (Å²) in [6, 6.07) is 7.36. The molecule has 0 aliphatic carbocycles. The van der Waals surface area contributed by atoms with Crippen molar-refractivity contribution in [3.63, 3.8) is 0 Å². The van der Waals surface area contributed by atoms with Gasteiger partial charge in [0.25, 0.3) is 5.91 Å². The number of carbonyl (C=O) groups excluding carboxylic acids is 1. The van der Waals surface area contributed by atoms with Crippen LogP contribution in [-0.2, 0) is 7.05 Å². The second-order valence-corrected chi connectivity index (χ2v) is 5.27. The molecule has 0 fully saturated rings. The molecule has 7 heteroatoms. The number of hydrogen-bond acceptors (Lipinski definition) is 5. The first kappa shape index (κ1) is 14.3. The molecule has 3 aromatic rings. The number of ether oxygens (including phenoxy) is 1. The van der Waals surface area contributed by atoms with Gasteiger partial charge in [-0.3, -0.25) is 9.48 Å². The van der Waals surface area contributed by atoms with Crippen LogP contribution in [0.15, 0.2) is 42.0 Å². The lowest BCUT2D eigenvalue weighted by atomic mass is 10.0. The molecule has 0 spiro atoms. The predicted octanol–water partition coefficient (Wildman–Crippen LogP) is 2.80. The minimum absolute atomic E-state index is 0.197. The Labute approximate surface area is 131 Å². The molecule has 0 bridgehead atoms. The summed E-state index contributed by atoms with van der Waals surface area (Å²) in [5.41, 5.74) is 2.81. The van der Waals surface area contributed by atoms with Crippen LogP contribution in [0.2, 0.25) is 0 Å². The van der Waals surface area contributed by atoms with Crippen molar-refractivity contribution in [1.82, 2.24) is 14.2 Å². The van der Waals surface area contributed by atoms with Gasteiger partial charge in [-0.05, 0) is 17.6 Å². The lowest BCUT2D eigenvalue weighted by molar-refractivity contribution is 0.102. The molecule has 1 aromatic carbocycles. The average Bonchev–Trinajstić information content (AvgIpc) is 3.15. The number of hydrogen-bond donors (Lipinski definition) is 1. The minimum Gasteiger partial charge on any atom is -0.480 e. The summed E-state index contributed by atoms with van der Waals surface area (Å²) in [4.78, 5) is 12.5. The van der Waals surface area contributed by atoms with Gasteiger partial charge in [-0.2, -0.15) is 9.47 Å². The van der Waals surface area contributed by atoms with Gasteiger partial charge < -0.3 is 10.1 Å². The standard InChI is InChI=1S/C15H14N4O2S/c1-19-8-10(7-16-19)17-14(20)12-6-4-3-5-11(12)13-9-22-18-15(13)21-2/h3-9H,1-2H3,(H,17,20). The van der Waals surface area contributed by atoms with Crippen LogP contribution >= 0.6 is 11.5 Å². The molecule has 0 aliphatic heterocycles. The van der Waals surface area contributed by atoms with Crippen LogP contribution in [0.4, 0.5) is 5.69 Å². The third-order valence-electron chi connectivity index (χ3n) is 3.15. The van der Waals surface area contributed by atoms with E-state index < -0.39 is 0 Å². The Morgan fingerprint density at radius 3 is 2.86 bits per heavy atom. The van der Waals surface area contributed by atoms with Crippen LogP contribution < -0.4 is 10.1 Å². The zero-order valence-corrected chi connectivity index (χ0v) is 12.9. The number of anilines is 1. The van der Waals surface area contributed by atoms with Gasteiger partial charge in [-0.25, -0.2) is 0 Å². The lowest BCUT2D eigenvalue weighted by Gasteiger charge is -2.09. The molecule has 1 amide bonds. The number of nitrogens with one attached hydrogen (secondary N) is 1. The third kappa shape index (κ3) is 2.71. The van der Waals surface area contributed by atoms with Gasteiger partial charge in [0.1, 0.15) is 0 Å². The van der Waals surface area contributed by atoms with E-state index in [1.807, 2.05) is 23.6 Å². The van der Waals surface area contributed by atoms with E-state index in [9.17, 15) is 4.79 Å². The Balaban J connectivity index is 1.96. The Morgan fingerprint density at radius 1 is 1.32 bits per heavy atom. The van der Waals surface area contributed by atoms with E-state index in [2.05, 4.69) is 14.8 Å². The Kier molecular flexibility index (Phi) is 3.88. The summed E-state index contributed by atoms with van der Waals surface area (Å²) >= 11 is 1.29. The molecule has 0 radical (unpaired) electrons. The van der Waals surface area contributed by atoms with Crippen molar-refractivity contribution in [2.24, 2.45) is 7.05 Å². The fourth-order valence-corrected chi connectivity index (χ4v) is 2.81. The first-order valence-electron chi connectivity index (χ1n) is 6.57. The summed E-state index contributed by atoms with van der Waals surface area (Å²) < 4.78 is 11.1. The fraction of sp³-hybridized carbons (Fsp3) is 0.133. The topological polar surface area (TPSA) is 69.0 Å². The molecule has 3 rings (SSSR count). The van der Waals surface area contributed by atoms with Gasteiger partial charge in [0, 0.05) is 29.8 Å². The SMILES string of the molecule is COc1nscc1-c1ccccc1C(=O)Nc1cnn(C)c1. The van der Waals surface area contributed by atoms with E-state index in [0.29, 0.717) is 17.1 Å². The normalized spacial score (nSPS) is 10.5. The van der Waals surface area contributed by atoms with E-state index in [1.54, 1.807) is 37.3 Å². The molecule has 0 saturated heterocycles. The Bertz CT molecular complexity index is 809. The quantitative estimate of drug-likeness (QED) is 0.804. The van der Waals surface area contributed by atoms with E-state index in [1.165, 1.54) is 11.5 Å². The molecule has 2 aromatic heterocycles. The smallest absolute Gasteiger partial charge is 0.256 e. The number of aryl methyl sites for hydroxylation is 1. The fourth-order valence-electron chi connectivity index (χ4n) is 2.15. The van der Waals surface area contributed by atoms with Gasteiger partial charge in [0.2, 0.25) is 5.88 Å². The summed E-state index contributed by atoms with van der Waals surface area (Å²) in [5.74, 6) is 0.323. The second kappa shape index (κ2) is 5.98. The second-order valence-electron chi connectivity index (χ2n) is 4.64. The zero-order valence-electron chi connectivity index (χ0n) is 12.1. The van der Waals surface area contributed by atoms with Crippen molar-refractivity contribution in [1.29, 1.82) is 0 Å². The summed E-state index contributed by atoms with van der Waals surface area (Å²) in [6.07, 6.45) is 3.35. The number of methoxy groups -OCH3 is 1. The van der Waals surface area contributed by atoms with E-state index >= 15 is 0 Å².